The van der Waals surface area contributed by atoms with Crippen molar-refractivity contribution in [1.29, 1.82) is 0 Å². The number of aliphatic hydroxyl groups is 1. The van der Waals surface area contributed by atoms with Gasteiger partial charge in [0.1, 0.15) is 0 Å². The number of hydrogen-bond acceptors (Lipinski definition) is 4. The van der Waals surface area contributed by atoms with Crippen LogP contribution in [0.3, 0.4) is 0 Å². The van der Waals surface area contributed by atoms with Crippen molar-refractivity contribution in [2.24, 2.45) is 0 Å². The molecule has 114 valence electrons. The summed E-state index contributed by atoms with van der Waals surface area (Å²) < 4.78 is 67.4. The van der Waals surface area contributed by atoms with E-state index in [0.29, 0.717) is 10.4 Å². The van der Waals surface area contributed by atoms with Crippen LogP contribution in [-0.4, -0.2) is 51.1 Å². The van der Waals surface area contributed by atoms with Crippen molar-refractivity contribution in [2.45, 2.75) is 11.3 Å². The summed E-state index contributed by atoms with van der Waals surface area (Å²) in [6.07, 6.45) is -2.90. The van der Waals surface area contributed by atoms with Crippen LogP contribution in [0.15, 0.2) is 23.1 Å². The first-order valence-electron chi connectivity index (χ1n) is 5.55. The second kappa shape index (κ2) is 6.91. The third kappa shape index (κ3) is 3.84. The second-order valence-corrected chi connectivity index (χ2v) is 5.71. The number of halogens is 3. The van der Waals surface area contributed by atoms with Crippen LogP contribution in [0.2, 0.25) is 0 Å². The Balaban J connectivity index is 3.15. The summed E-state index contributed by atoms with van der Waals surface area (Å²) in [5.74, 6) is -1.08. The molecule has 0 saturated heterocycles. The molecule has 0 saturated carbocycles. The SMILES string of the molecule is COc1ccc(S(=O)(=O)N(CCO)CC(F)F)cc1F. The molecule has 0 aliphatic rings. The molecular weight excluding hydrogens is 299 g/mol. The summed E-state index contributed by atoms with van der Waals surface area (Å²) in [4.78, 5) is -0.482. The van der Waals surface area contributed by atoms with E-state index in [2.05, 4.69) is 4.74 Å². The lowest BCUT2D eigenvalue weighted by molar-refractivity contribution is 0.113. The van der Waals surface area contributed by atoms with Crippen LogP contribution >= 0.6 is 0 Å². The fourth-order valence-corrected chi connectivity index (χ4v) is 2.95. The highest BCUT2D eigenvalue weighted by Gasteiger charge is 2.27. The predicted molar refractivity (Wildman–Crippen MR) is 64.8 cm³/mol. The van der Waals surface area contributed by atoms with Crippen LogP contribution in [-0.2, 0) is 10.0 Å². The largest absolute Gasteiger partial charge is 0.494 e. The van der Waals surface area contributed by atoms with Gasteiger partial charge >= 0.3 is 0 Å². The van der Waals surface area contributed by atoms with Crippen LogP contribution in [0.25, 0.3) is 0 Å². The molecule has 1 aromatic rings. The summed E-state index contributed by atoms with van der Waals surface area (Å²) >= 11 is 0. The lowest BCUT2D eigenvalue weighted by atomic mass is 10.3. The van der Waals surface area contributed by atoms with Gasteiger partial charge in [0.2, 0.25) is 10.0 Å². The van der Waals surface area contributed by atoms with Gasteiger partial charge in [-0.25, -0.2) is 21.6 Å². The average molecular weight is 313 g/mol. The Labute approximate surface area is 114 Å². The van der Waals surface area contributed by atoms with Gasteiger partial charge in [0.25, 0.3) is 6.43 Å². The van der Waals surface area contributed by atoms with Crippen molar-refractivity contribution in [2.75, 3.05) is 26.8 Å². The van der Waals surface area contributed by atoms with E-state index in [1.807, 2.05) is 0 Å². The minimum Gasteiger partial charge on any atom is -0.494 e. The fraction of sp³-hybridized carbons (Fsp3) is 0.455. The molecule has 9 heteroatoms. The lowest BCUT2D eigenvalue weighted by Crippen LogP contribution is -2.37. The number of rotatable bonds is 7. The molecule has 5 nitrogen and oxygen atoms in total. The van der Waals surface area contributed by atoms with Crippen LogP contribution < -0.4 is 4.74 Å². The minimum absolute atomic E-state index is 0.161. The van der Waals surface area contributed by atoms with Crippen molar-refractivity contribution >= 4 is 10.0 Å². The number of ether oxygens (including phenoxy) is 1. The highest BCUT2D eigenvalue weighted by molar-refractivity contribution is 7.89. The molecule has 0 radical (unpaired) electrons. The zero-order chi connectivity index (χ0) is 15.3. The molecule has 0 fully saturated rings. The van der Waals surface area contributed by atoms with Gasteiger partial charge in [0, 0.05) is 6.54 Å². The van der Waals surface area contributed by atoms with Crippen LogP contribution in [0.1, 0.15) is 0 Å². The van der Waals surface area contributed by atoms with Gasteiger partial charge in [-0.05, 0) is 18.2 Å². The number of benzene rings is 1. The smallest absolute Gasteiger partial charge is 0.252 e. The molecule has 1 N–H and O–H groups in total. The molecule has 20 heavy (non-hydrogen) atoms. The summed E-state index contributed by atoms with van der Waals surface area (Å²) in [6.45, 7) is -2.19. The van der Waals surface area contributed by atoms with Gasteiger partial charge in [-0.3, -0.25) is 0 Å². The highest BCUT2D eigenvalue weighted by Crippen LogP contribution is 2.23. The number of alkyl halides is 2. The fourth-order valence-electron chi connectivity index (χ4n) is 1.53. The first-order valence-corrected chi connectivity index (χ1v) is 6.99. The van der Waals surface area contributed by atoms with Crippen molar-refractivity contribution in [1.82, 2.24) is 4.31 Å². The molecule has 0 unspecified atom stereocenters. The van der Waals surface area contributed by atoms with Crippen LogP contribution in [0.5, 0.6) is 5.75 Å². The van der Waals surface area contributed by atoms with E-state index in [1.165, 1.54) is 7.11 Å². The third-order valence-corrected chi connectivity index (χ3v) is 4.31. The zero-order valence-electron chi connectivity index (χ0n) is 10.6. The second-order valence-electron chi connectivity index (χ2n) is 3.77. The van der Waals surface area contributed by atoms with E-state index in [9.17, 15) is 21.6 Å². The zero-order valence-corrected chi connectivity index (χ0v) is 11.4. The van der Waals surface area contributed by atoms with E-state index in [1.54, 1.807) is 0 Å². The first-order chi connectivity index (χ1) is 9.32. The summed E-state index contributed by atoms with van der Waals surface area (Å²) in [7, 11) is -3.10. The molecule has 0 heterocycles. The molecule has 0 atom stereocenters. The Morgan fingerprint density at radius 2 is 2.05 bits per heavy atom. The molecule has 0 aliphatic carbocycles. The van der Waals surface area contributed by atoms with Gasteiger partial charge in [0.05, 0.1) is 25.2 Å². The predicted octanol–water partition coefficient (Wildman–Crippen LogP) is 1.08. The first kappa shape index (κ1) is 16.7. The molecule has 0 bridgehead atoms. The standard InChI is InChI=1S/C11H14F3NO4S/c1-19-10-3-2-8(6-9(10)12)20(17,18)15(4-5-16)7-11(13)14/h2-3,6,11,16H,4-5,7H2,1H3. The monoisotopic (exact) mass is 313 g/mol. The maximum atomic E-state index is 13.5. The van der Waals surface area contributed by atoms with Crippen molar-refractivity contribution in [3.63, 3.8) is 0 Å². The van der Waals surface area contributed by atoms with E-state index < -0.39 is 46.9 Å². The minimum atomic E-state index is -4.31. The van der Waals surface area contributed by atoms with E-state index in [4.69, 9.17) is 5.11 Å². The normalized spacial score (nSPS) is 12.2. The van der Waals surface area contributed by atoms with Gasteiger partial charge in [0.15, 0.2) is 11.6 Å². The van der Waals surface area contributed by atoms with Crippen molar-refractivity contribution < 1.29 is 31.4 Å². The Hall–Kier alpha value is -1.32. The van der Waals surface area contributed by atoms with Gasteiger partial charge in [-0.1, -0.05) is 0 Å². The van der Waals surface area contributed by atoms with Gasteiger partial charge in [-0.15, -0.1) is 0 Å². The molecule has 0 amide bonds. The van der Waals surface area contributed by atoms with E-state index >= 15 is 0 Å². The van der Waals surface area contributed by atoms with Crippen LogP contribution in [0, 0.1) is 5.82 Å². The quantitative estimate of drug-likeness (QED) is 0.818. The Kier molecular flexibility index (Phi) is 5.78. The van der Waals surface area contributed by atoms with Gasteiger partial charge in [-0.2, -0.15) is 4.31 Å². The van der Waals surface area contributed by atoms with Crippen molar-refractivity contribution in [3.8, 4) is 5.75 Å². The highest BCUT2D eigenvalue weighted by atomic mass is 32.2. The number of methoxy groups -OCH3 is 1. The molecule has 0 aliphatic heterocycles. The van der Waals surface area contributed by atoms with Crippen LogP contribution in [0.4, 0.5) is 13.2 Å². The Bertz CT molecular complexity index is 551. The Morgan fingerprint density at radius 3 is 2.50 bits per heavy atom. The summed E-state index contributed by atoms with van der Waals surface area (Å²) in [5.41, 5.74) is 0. The third-order valence-electron chi connectivity index (χ3n) is 2.45. The molecular formula is C11H14F3NO4S. The van der Waals surface area contributed by atoms with Gasteiger partial charge < -0.3 is 9.84 Å². The number of hydrogen-bond donors (Lipinski definition) is 1. The summed E-state index contributed by atoms with van der Waals surface area (Å²) in [6, 6.07) is 2.82. The topological polar surface area (TPSA) is 66.8 Å². The Morgan fingerprint density at radius 1 is 1.40 bits per heavy atom. The summed E-state index contributed by atoms with van der Waals surface area (Å²) in [5, 5.41) is 8.75. The van der Waals surface area contributed by atoms with E-state index in [-0.39, 0.29) is 5.75 Å². The van der Waals surface area contributed by atoms with E-state index in [0.717, 1.165) is 12.1 Å². The molecule has 1 aromatic carbocycles. The molecule has 0 spiro atoms. The molecule has 1 rings (SSSR count). The maximum Gasteiger partial charge on any atom is 0.252 e. The maximum absolute atomic E-state index is 13.5. The number of sulfonamides is 1. The number of nitrogens with zero attached hydrogens (tertiary/aromatic N) is 1. The number of aliphatic hydroxyl groups excluding tert-OH is 1. The average Bonchev–Trinajstić information content (AvgIpc) is 2.37. The van der Waals surface area contributed by atoms with Crippen molar-refractivity contribution in [3.05, 3.63) is 24.0 Å². The molecule has 0 aromatic heterocycles. The lowest BCUT2D eigenvalue weighted by Gasteiger charge is -2.21.